The number of amidine groups is 1. The Kier molecular flexibility index (Phi) is 3.75. The van der Waals surface area contributed by atoms with Gasteiger partial charge in [0.1, 0.15) is 10.7 Å². The average Bonchev–Trinajstić information content (AvgIpc) is 2.83. The fourth-order valence-corrected chi connectivity index (χ4v) is 2.66. The largest absolute Gasteiger partial charge is 0.409 e. The molecule has 1 amide bonds. The number of nitrogens with zero attached hydrogens (tertiary/aromatic N) is 4. The first kappa shape index (κ1) is 12.7. The fraction of sp³-hybridized carbons (Fsp3) is 0.600. The highest BCUT2D eigenvalue weighted by molar-refractivity contribution is 7.07. The van der Waals surface area contributed by atoms with Gasteiger partial charge >= 0.3 is 0 Å². The molecule has 0 spiro atoms. The summed E-state index contributed by atoms with van der Waals surface area (Å²) in [6.45, 7) is 2.99. The van der Waals surface area contributed by atoms with E-state index in [2.05, 4.69) is 14.7 Å². The van der Waals surface area contributed by atoms with Gasteiger partial charge in [-0.3, -0.25) is 4.79 Å². The highest BCUT2D eigenvalue weighted by atomic mass is 32.1. The van der Waals surface area contributed by atoms with Gasteiger partial charge < -0.3 is 15.8 Å². The van der Waals surface area contributed by atoms with E-state index in [1.54, 1.807) is 11.8 Å². The summed E-state index contributed by atoms with van der Waals surface area (Å²) in [4.78, 5) is 14.5. The van der Waals surface area contributed by atoms with Gasteiger partial charge in [0.2, 0.25) is 0 Å². The van der Waals surface area contributed by atoms with Crippen molar-refractivity contribution in [1.82, 2.24) is 14.5 Å². The van der Waals surface area contributed by atoms with Crippen LogP contribution in [0.2, 0.25) is 0 Å². The highest BCUT2D eigenvalue weighted by Crippen LogP contribution is 2.21. The Morgan fingerprint density at radius 3 is 2.72 bits per heavy atom. The van der Waals surface area contributed by atoms with Crippen molar-refractivity contribution in [3.8, 4) is 0 Å². The standard InChI is InChI=1S/C10H15N5O2S/c1-6-8(18-14-12-6)10(16)15-4-2-7(3-5-15)9(11)13-17/h7,17H,2-5H2,1H3,(H2,11,13). The molecule has 1 saturated heterocycles. The van der Waals surface area contributed by atoms with Crippen molar-refractivity contribution in [3.63, 3.8) is 0 Å². The number of amides is 1. The SMILES string of the molecule is Cc1nnsc1C(=O)N1CCC(C(N)=NO)CC1. The topological polar surface area (TPSA) is 105 Å². The van der Waals surface area contributed by atoms with Gasteiger partial charge in [-0.2, -0.15) is 0 Å². The number of aromatic nitrogens is 2. The number of hydrogen-bond donors (Lipinski definition) is 2. The molecule has 1 aromatic heterocycles. The van der Waals surface area contributed by atoms with Crippen LogP contribution in [-0.2, 0) is 0 Å². The van der Waals surface area contributed by atoms with E-state index in [1.807, 2.05) is 0 Å². The van der Waals surface area contributed by atoms with E-state index in [9.17, 15) is 4.79 Å². The molecule has 1 aliphatic rings. The van der Waals surface area contributed by atoms with Crippen molar-refractivity contribution in [2.75, 3.05) is 13.1 Å². The highest BCUT2D eigenvalue weighted by Gasteiger charge is 2.27. The second kappa shape index (κ2) is 5.30. The van der Waals surface area contributed by atoms with Crippen molar-refractivity contribution in [2.24, 2.45) is 16.8 Å². The van der Waals surface area contributed by atoms with Crippen molar-refractivity contribution in [3.05, 3.63) is 10.6 Å². The number of carbonyl (C=O) groups excluding carboxylic acids is 1. The molecule has 3 N–H and O–H groups in total. The molecule has 7 nitrogen and oxygen atoms in total. The van der Waals surface area contributed by atoms with Crippen LogP contribution in [0.1, 0.15) is 28.2 Å². The van der Waals surface area contributed by atoms with Gasteiger partial charge in [0.05, 0.1) is 5.69 Å². The molecule has 0 unspecified atom stereocenters. The summed E-state index contributed by atoms with van der Waals surface area (Å²) in [5.74, 6) is 0.276. The predicted octanol–water partition coefficient (Wildman–Crippen LogP) is 0.445. The Labute approximate surface area is 108 Å². The Bertz CT molecular complexity index is 465. The third kappa shape index (κ3) is 2.42. The molecule has 0 aliphatic carbocycles. The van der Waals surface area contributed by atoms with E-state index in [-0.39, 0.29) is 17.7 Å². The lowest BCUT2D eigenvalue weighted by Gasteiger charge is -2.30. The third-order valence-electron chi connectivity index (χ3n) is 3.16. The second-order valence-corrected chi connectivity index (χ2v) is 5.03. The van der Waals surface area contributed by atoms with Crippen LogP contribution in [0.3, 0.4) is 0 Å². The lowest BCUT2D eigenvalue weighted by molar-refractivity contribution is 0.0713. The van der Waals surface area contributed by atoms with Crippen LogP contribution in [0, 0.1) is 12.8 Å². The molecule has 1 aromatic rings. The summed E-state index contributed by atoms with van der Waals surface area (Å²) in [7, 11) is 0. The minimum atomic E-state index is -0.0274. The molecule has 2 rings (SSSR count). The number of piperidine rings is 1. The molecular weight excluding hydrogens is 254 g/mol. The number of nitrogens with two attached hydrogens (primary N) is 1. The first-order chi connectivity index (χ1) is 8.63. The molecule has 1 fully saturated rings. The summed E-state index contributed by atoms with van der Waals surface area (Å²) < 4.78 is 3.77. The molecule has 2 heterocycles. The van der Waals surface area contributed by atoms with Gasteiger partial charge in [-0.05, 0) is 31.3 Å². The van der Waals surface area contributed by atoms with Crippen LogP contribution in [0.4, 0.5) is 0 Å². The van der Waals surface area contributed by atoms with Crippen LogP contribution in [0.15, 0.2) is 5.16 Å². The van der Waals surface area contributed by atoms with Gasteiger partial charge in [-0.15, -0.1) is 5.10 Å². The van der Waals surface area contributed by atoms with Crippen LogP contribution in [-0.4, -0.2) is 44.5 Å². The average molecular weight is 269 g/mol. The van der Waals surface area contributed by atoms with Crippen molar-refractivity contribution < 1.29 is 10.0 Å². The Balaban J connectivity index is 1.98. The molecule has 98 valence electrons. The minimum Gasteiger partial charge on any atom is -0.409 e. The Morgan fingerprint density at radius 1 is 1.56 bits per heavy atom. The Morgan fingerprint density at radius 2 is 2.22 bits per heavy atom. The van der Waals surface area contributed by atoms with Crippen LogP contribution in [0.25, 0.3) is 0 Å². The van der Waals surface area contributed by atoms with Crippen molar-refractivity contribution >= 4 is 23.3 Å². The van der Waals surface area contributed by atoms with E-state index in [0.29, 0.717) is 36.5 Å². The van der Waals surface area contributed by atoms with Crippen molar-refractivity contribution in [2.45, 2.75) is 19.8 Å². The third-order valence-corrected chi connectivity index (χ3v) is 3.98. The molecule has 0 saturated carbocycles. The zero-order valence-corrected chi connectivity index (χ0v) is 10.9. The van der Waals surface area contributed by atoms with Crippen LogP contribution >= 0.6 is 11.5 Å². The molecule has 18 heavy (non-hydrogen) atoms. The number of carbonyl (C=O) groups is 1. The summed E-state index contributed by atoms with van der Waals surface area (Å²) >= 11 is 1.12. The van der Waals surface area contributed by atoms with Gasteiger partial charge in [0, 0.05) is 19.0 Å². The summed E-state index contributed by atoms with van der Waals surface area (Å²) in [6, 6.07) is 0. The number of aryl methyl sites for hydroxylation is 1. The molecule has 0 bridgehead atoms. The second-order valence-electron chi connectivity index (χ2n) is 4.28. The lowest BCUT2D eigenvalue weighted by atomic mass is 9.96. The van der Waals surface area contributed by atoms with Crippen LogP contribution < -0.4 is 5.73 Å². The van der Waals surface area contributed by atoms with Gasteiger partial charge in [-0.25, -0.2) is 0 Å². The lowest BCUT2D eigenvalue weighted by Crippen LogP contribution is -2.41. The molecule has 0 atom stereocenters. The zero-order chi connectivity index (χ0) is 13.1. The number of rotatable bonds is 2. The van der Waals surface area contributed by atoms with Crippen LogP contribution in [0.5, 0.6) is 0 Å². The normalized spacial score (nSPS) is 18.1. The van der Waals surface area contributed by atoms with Gasteiger partial charge in [-0.1, -0.05) is 9.64 Å². The molecule has 8 heteroatoms. The molecule has 1 aliphatic heterocycles. The first-order valence-corrected chi connectivity index (χ1v) is 6.46. The fourth-order valence-electron chi connectivity index (χ4n) is 2.03. The van der Waals surface area contributed by atoms with Gasteiger partial charge in [0.15, 0.2) is 0 Å². The smallest absolute Gasteiger partial charge is 0.267 e. The van der Waals surface area contributed by atoms with Crippen molar-refractivity contribution in [1.29, 1.82) is 0 Å². The number of hydrogen-bond acceptors (Lipinski definition) is 6. The number of oxime groups is 1. The number of likely N-dealkylation sites (tertiary alicyclic amines) is 1. The first-order valence-electron chi connectivity index (χ1n) is 5.69. The summed E-state index contributed by atoms with van der Waals surface area (Å²) in [6.07, 6.45) is 1.43. The molecule has 0 aromatic carbocycles. The van der Waals surface area contributed by atoms with E-state index >= 15 is 0 Å². The van der Waals surface area contributed by atoms with E-state index < -0.39 is 0 Å². The maximum absolute atomic E-state index is 12.2. The summed E-state index contributed by atoms with van der Waals surface area (Å²) in [5.41, 5.74) is 6.24. The maximum atomic E-state index is 12.2. The monoisotopic (exact) mass is 269 g/mol. The maximum Gasteiger partial charge on any atom is 0.267 e. The van der Waals surface area contributed by atoms with E-state index in [1.165, 1.54) is 0 Å². The predicted molar refractivity (Wildman–Crippen MR) is 66.7 cm³/mol. The van der Waals surface area contributed by atoms with Gasteiger partial charge in [0.25, 0.3) is 5.91 Å². The minimum absolute atomic E-state index is 0.0274. The Hall–Kier alpha value is -1.70. The van der Waals surface area contributed by atoms with E-state index in [0.717, 1.165) is 11.5 Å². The zero-order valence-electron chi connectivity index (χ0n) is 10.0. The van der Waals surface area contributed by atoms with E-state index in [4.69, 9.17) is 10.9 Å². The molecule has 0 radical (unpaired) electrons. The summed E-state index contributed by atoms with van der Waals surface area (Å²) in [5, 5.41) is 15.5. The quantitative estimate of drug-likeness (QED) is 0.351. The molecular formula is C10H15N5O2S.